The molecule has 0 spiro atoms. The molecule has 3 aliphatic rings. The summed E-state index contributed by atoms with van der Waals surface area (Å²) in [6.07, 6.45) is 1.90. The van der Waals surface area contributed by atoms with Crippen molar-refractivity contribution in [1.82, 2.24) is 9.55 Å². The summed E-state index contributed by atoms with van der Waals surface area (Å²) >= 11 is 0. The third-order valence-corrected chi connectivity index (χ3v) is 12.6. The first-order valence-corrected chi connectivity index (χ1v) is 22.1. The maximum Gasteiger partial charge on any atom is 0.157 e. The van der Waals surface area contributed by atoms with Crippen molar-refractivity contribution in [3.8, 4) is 51.4 Å². The van der Waals surface area contributed by atoms with Crippen LogP contribution in [0.15, 0.2) is 182 Å². The number of rotatable bonds is 6. The largest absolute Gasteiger partial charge is 0.509 e. The van der Waals surface area contributed by atoms with E-state index in [1.165, 1.54) is 5.56 Å². The number of hydrogen-bond donors (Lipinski definition) is 0. The molecule has 5 heterocycles. The summed E-state index contributed by atoms with van der Waals surface area (Å²) in [5, 5.41) is 2.18. The summed E-state index contributed by atoms with van der Waals surface area (Å²) in [5.41, 5.74) is 11.9. The van der Waals surface area contributed by atoms with Crippen LogP contribution >= 0.6 is 0 Å². The van der Waals surface area contributed by atoms with Gasteiger partial charge in [-0.3, -0.25) is 4.90 Å². The van der Waals surface area contributed by atoms with E-state index in [1.807, 2.05) is 72.9 Å². The number of aromatic nitrogens is 2. The van der Waals surface area contributed by atoms with E-state index in [2.05, 4.69) is 168 Å². The van der Waals surface area contributed by atoms with Crippen molar-refractivity contribution in [2.45, 2.75) is 26.2 Å². The van der Waals surface area contributed by atoms with Crippen molar-refractivity contribution in [2.75, 3.05) is 14.7 Å². The van der Waals surface area contributed by atoms with E-state index in [0.717, 1.165) is 90.1 Å². The number of fused-ring (bicyclic) bond motifs is 8. The van der Waals surface area contributed by atoms with E-state index < -0.39 is 0 Å². The van der Waals surface area contributed by atoms with Gasteiger partial charge in [-0.1, -0.05) is 105 Å². The zero-order valence-electron chi connectivity index (χ0n) is 36.7. The standard InChI is InChI=1S/C58H40N5O3.Pt/c1-58(2,3)39-28-29-59-56(31-39)62-46-27-24-38(37-14-5-4-6-15-37)30-45(46)44-26-25-43(35-51(44)62)64-42-17-13-16-40(32-42)60-36-61(48-19-8-7-18-47(48)60)41-33-54-57-55(34-41)66-53-23-12-10-21-50(53)63(57)49-20-9-11-22-52(49)65-54;/h4-31,33-34,36H,1-3H3;/q-3;. The maximum atomic E-state index is 6.67. The second-order valence-electron chi connectivity index (χ2n) is 17.8. The Balaban J connectivity index is 0.00000468. The molecule has 0 fully saturated rings. The molecule has 0 radical (unpaired) electrons. The minimum Gasteiger partial charge on any atom is -0.509 e. The van der Waals surface area contributed by atoms with Gasteiger partial charge in [0.15, 0.2) is 23.0 Å². The average Bonchev–Trinajstić information content (AvgIpc) is 3.90. The summed E-state index contributed by atoms with van der Waals surface area (Å²) in [7, 11) is 0. The van der Waals surface area contributed by atoms with Crippen LogP contribution in [0, 0.1) is 18.8 Å². The molecule has 0 aliphatic carbocycles. The van der Waals surface area contributed by atoms with E-state index in [9.17, 15) is 0 Å². The van der Waals surface area contributed by atoms with Crippen LogP contribution in [0.25, 0.3) is 38.8 Å². The minimum atomic E-state index is -0.0544. The summed E-state index contributed by atoms with van der Waals surface area (Å²) in [4.78, 5) is 11.4. The molecule has 13 rings (SSSR count). The van der Waals surface area contributed by atoms with Gasteiger partial charge >= 0.3 is 0 Å². The molecule has 3 aliphatic heterocycles. The Morgan fingerprint density at radius 2 is 1.21 bits per heavy atom. The molecule has 0 N–H and O–H groups in total. The van der Waals surface area contributed by atoms with Crippen LogP contribution in [0.1, 0.15) is 26.3 Å². The predicted molar refractivity (Wildman–Crippen MR) is 263 cm³/mol. The van der Waals surface area contributed by atoms with E-state index in [4.69, 9.17) is 19.2 Å². The fraction of sp³-hybridized carbons (Fsp3) is 0.0690. The third-order valence-electron chi connectivity index (χ3n) is 12.6. The average molecular weight is 1050 g/mol. The van der Waals surface area contributed by atoms with E-state index in [-0.39, 0.29) is 26.5 Å². The Hall–Kier alpha value is -7.80. The molecule has 8 nitrogen and oxygen atoms in total. The Morgan fingerprint density at radius 3 is 1.93 bits per heavy atom. The SMILES string of the molecule is CC(C)(C)c1ccnc(-n2c3[c-]c(Oc4[c-]c(N5[CH-]N(c6cc7c8c(c6)Oc6ccccc6N8c6ccccc6O7)c6ccccc65)ccc4)ccc3c3cc(-c4ccccc4)ccc32)c1.[Pt]. The van der Waals surface area contributed by atoms with Crippen molar-refractivity contribution in [3.63, 3.8) is 0 Å². The summed E-state index contributed by atoms with van der Waals surface area (Å²) in [5.74, 6) is 4.95. The van der Waals surface area contributed by atoms with Crippen molar-refractivity contribution in [2.24, 2.45) is 0 Å². The van der Waals surface area contributed by atoms with Gasteiger partial charge in [0, 0.05) is 73.5 Å². The molecule has 8 aromatic carbocycles. The zero-order chi connectivity index (χ0) is 44.1. The Bertz CT molecular complexity index is 3510. The summed E-state index contributed by atoms with van der Waals surface area (Å²) in [6, 6.07) is 67.5. The topological polar surface area (TPSA) is 55.2 Å². The number of hydrogen-bond acceptors (Lipinski definition) is 7. The third kappa shape index (κ3) is 6.74. The first kappa shape index (κ1) is 40.7. The zero-order valence-corrected chi connectivity index (χ0v) is 38.9. The van der Waals surface area contributed by atoms with Gasteiger partial charge in [-0.2, -0.15) is 12.1 Å². The van der Waals surface area contributed by atoms with Gasteiger partial charge in [0.1, 0.15) is 11.5 Å². The summed E-state index contributed by atoms with van der Waals surface area (Å²) < 4.78 is 22.1. The van der Waals surface area contributed by atoms with Gasteiger partial charge in [0.05, 0.1) is 11.4 Å². The Labute approximate surface area is 403 Å². The fourth-order valence-electron chi connectivity index (χ4n) is 9.45. The number of ether oxygens (including phenoxy) is 3. The molecule has 328 valence electrons. The first-order chi connectivity index (χ1) is 32.3. The minimum absolute atomic E-state index is 0. The molecule has 0 atom stereocenters. The van der Waals surface area contributed by atoms with Gasteiger partial charge in [-0.15, -0.1) is 48.1 Å². The summed E-state index contributed by atoms with van der Waals surface area (Å²) in [6.45, 7) is 8.76. The smallest absolute Gasteiger partial charge is 0.157 e. The van der Waals surface area contributed by atoms with Crippen molar-refractivity contribution >= 4 is 61.6 Å². The van der Waals surface area contributed by atoms with Crippen molar-refractivity contribution < 1.29 is 35.3 Å². The molecular formula is C58H40N5O3Pt-3. The number of benzene rings is 8. The van der Waals surface area contributed by atoms with Gasteiger partial charge in [-0.05, 0) is 82.1 Å². The normalized spacial score (nSPS) is 13.3. The second-order valence-corrected chi connectivity index (χ2v) is 17.8. The quantitative estimate of drug-likeness (QED) is 0.154. The molecule has 10 aromatic rings. The fourth-order valence-corrected chi connectivity index (χ4v) is 9.45. The molecular weight excluding hydrogens is 1010 g/mol. The van der Waals surface area contributed by atoms with E-state index in [1.54, 1.807) is 0 Å². The molecule has 9 heteroatoms. The second kappa shape index (κ2) is 15.7. The number of pyridine rings is 1. The van der Waals surface area contributed by atoms with Gasteiger partial charge < -0.3 is 28.6 Å². The van der Waals surface area contributed by atoms with Gasteiger partial charge in [0.25, 0.3) is 0 Å². The molecule has 0 saturated heterocycles. The Kier molecular flexibility index (Phi) is 9.52. The maximum absolute atomic E-state index is 6.67. The number of anilines is 7. The molecule has 0 unspecified atom stereocenters. The van der Waals surface area contributed by atoms with E-state index in [0.29, 0.717) is 23.0 Å². The molecule has 67 heavy (non-hydrogen) atoms. The number of nitrogens with zero attached hydrogens (tertiary/aromatic N) is 5. The van der Waals surface area contributed by atoms with Crippen LogP contribution in [-0.4, -0.2) is 9.55 Å². The van der Waals surface area contributed by atoms with Crippen LogP contribution in [0.3, 0.4) is 0 Å². The van der Waals surface area contributed by atoms with Gasteiger partial charge in [-0.25, -0.2) is 4.98 Å². The van der Waals surface area contributed by atoms with Crippen LogP contribution in [0.4, 0.5) is 39.8 Å². The van der Waals surface area contributed by atoms with Crippen LogP contribution in [0.5, 0.6) is 34.5 Å². The Morgan fingerprint density at radius 1 is 0.552 bits per heavy atom. The number of para-hydroxylation sites is 6. The van der Waals surface area contributed by atoms with Crippen molar-refractivity contribution in [1.29, 1.82) is 0 Å². The van der Waals surface area contributed by atoms with Gasteiger partial charge in [0.2, 0.25) is 0 Å². The molecule has 0 saturated carbocycles. The van der Waals surface area contributed by atoms with Crippen molar-refractivity contribution in [3.05, 3.63) is 206 Å². The van der Waals surface area contributed by atoms with E-state index >= 15 is 0 Å². The first-order valence-electron chi connectivity index (χ1n) is 22.1. The monoisotopic (exact) mass is 1050 g/mol. The van der Waals surface area contributed by atoms with Crippen LogP contribution in [-0.2, 0) is 26.5 Å². The molecule has 0 amide bonds. The molecule has 0 bridgehead atoms. The van der Waals surface area contributed by atoms with Crippen LogP contribution in [0.2, 0.25) is 0 Å². The van der Waals surface area contributed by atoms with Crippen LogP contribution < -0.4 is 28.9 Å². The predicted octanol–water partition coefficient (Wildman–Crippen LogP) is 15.6. The molecule has 2 aromatic heterocycles.